The summed E-state index contributed by atoms with van der Waals surface area (Å²) in [5, 5.41) is 0. The first-order valence-corrected chi connectivity index (χ1v) is 15.6. The van der Waals surface area contributed by atoms with Gasteiger partial charge in [0.05, 0.1) is 7.11 Å². The van der Waals surface area contributed by atoms with Crippen molar-refractivity contribution in [1.29, 1.82) is 0 Å². The Morgan fingerprint density at radius 3 is 2.07 bits per heavy atom. The van der Waals surface area contributed by atoms with Gasteiger partial charge in [0.1, 0.15) is 5.75 Å². The maximum Gasteiger partial charge on any atom is 0.154 e. The van der Waals surface area contributed by atoms with E-state index in [4.69, 9.17) is 4.74 Å². The fourth-order valence-electron chi connectivity index (χ4n) is 8.45. The molecule has 1 aromatic rings. The van der Waals surface area contributed by atoms with Crippen LogP contribution in [0.2, 0.25) is 18.6 Å². The van der Waals surface area contributed by atoms with Crippen LogP contribution in [0.25, 0.3) is 0 Å². The molecule has 0 radical (unpaired) electrons. The predicted molar refractivity (Wildman–Crippen MR) is 132 cm³/mol. The highest BCUT2D eigenvalue weighted by molar-refractivity contribution is 6.82. The Balaban J connectivity index is 1.66. The number of hydrogen-bond donors (Lipinski definition) is 0. The predicted octanol–water partition coefficient (Wildman–Crippen LogP) is 7.75. The minimum atomic E-state index is -1.74. The van der Waals surface area contributed by atoms with Crippen molar-refractivity contribution >= 4 is 13.9 Å². The van der Waals surface area contributed by atoms with Crippen molar-refractivity contribution in [3.8, 4) is 5.75 Å². The zero-order valence-corrected chi connectivity index (χ0v) is 21.6. The van der Waals surface area contributed by atoms with E-state index in [0.717, 1.165) is 40.9 Å². The molecule has 2 nitrogen and oxygen atoms in total. The van der Waals surface area contributed by atoms with Gasteiger partial charge in [-0.1, -0.05) is 45.7 Å². The SMILES string of the molecule is COc1ccc(N(C(C)(C)C)[Si](C)(C)C2C(C)CC3CC4CCCCC4CC32)cc1. The molecule has 3 aliphatic rings. The van der Waals surface area contributed by atoms with Gasteiger partial charge in [-0.05, 0) is 99.4 Å². The van der Waals surface area contributed by atoms with Gasteiger partial charge < -0.3 is 9.30 Å². The summed E-state index contributed by atoms with van der Waals surface area (Å²) in [6.07, 6.45) is 10.6. The second kappa shape index (κ2) is 8.19. The van der Waals surface area contributed by atoms with Gasteiger partial charge in [0, 0.05) is 11.2 Å². The van der Waals surface area contributed by atoms with Gasteiger partial charge >= 0.3 is 0 Å². The van der Waals surface area contributed by atoms with Crippen LogP contribution in [0, 0.1) is 29.6 Å². The quantitative estimate of drug-likeness (QED) is 0.455. The summed E-state index contributed by atoms with van der Waals surface area (Å²) in [5.41, 5.74) is 2.41. The number of anilines is 1. The minimum Gasteiger partial charge on any atom is -0.497 e. The summed E-state index contributed by atoms with van der Waals surface area (Å²) in [5.74, 6) is 5.86. The van der Waals surface area contributed by atoms with E-state index in [1.807, 2.05) is 0 Å². The average Bonchev–Trinajstić information content (AvgIpc) is 3.00. The highest BCUT2D eigenvalue weighted by atomic mass is 28.3. The lowest BCUT2D eigenvalue weighted by atomic mass is 9.64. The molecule has 0 amide bonds. The van der Waals surface area contributed by atoms with Gasteiger partial charge in [0.2, 0.25) is 0 Å². The fraction of sp³-hybridized carbons (Fsp3) is 0.778. The monoisotopic (exact) mass is 427 g/mol. The van der Waals surface area contributed by atoms with E-state index in [1.54, 1.807) is 13.5 Å². The number of rotatable bonds is 4. The molecule has 6 unspecified atom stereocenters. The van der Waals surface area contributed by atoms with E-state index >= 15 is 0 Å². The molecule has 3 fully saturated rings. The van der Waals surface area contributed by atoms with Crippen molar-refractivity contribution in [1.82, 2.24) is 0 Å². The molecule has 0 N–H and O–H groups in total. The van der Waals surface area contributed by atoms with E-state index in [2.05, 4.69) is 69.6 Å². The minimum absolute atomic E-state index is 0.129. The molecule has 6 atom stereocenters. The first-order chi connectivity index (χ1) is 14.1. The van der Waals surface area contributed by atoms with Crippen molar-refractivity contribution in [3.63, 3.8) is 0 Å². The summed E-state index contributed by atoms with van der Waals surface area (Å²) >= 11 is 0. The third-order valence-electron chi connectivity index (χ3n) is 8.99. The van der Waals surface area contributed by atoms with Crippen molar-refractivity contribution < 1.29 is 4.74 Å². The first-order valence-electron chi connectivity index (χ1n) is 12.6. The first kappa shape index (κ1) is 22.2. The molecule has 0 bridgehead atoms. The second-order valence-corrected chi connectivity index (χ2v) is 16.7. The molecule has 1 aromatic carbocycles. The van der Waals surface area contributed by atoms with Crippen LogP contribution in [-0.4, -0.2) is 20.9 Å². The molecule has 4 rings (SSSR count). The number of methoxy groups -OCH3 is 1. The number of fused-ring (bicyclic) bond motifs is 2. The smallest absolute Gasteiger partial charge is 0.154 e. The van der Waals surface area contributed by atoms with Gasteiger partial charge in [0.15, 0.2) is 8.24 Å². The van der Waals surface area contributed by atoms with E-state index in [1.165, 1.54) is 44.2 Å². The largest absolute Gasteiger partial charge is 0.497 e. The molecule has 3 aliphatic carbocycles. The van der Waals surface area contributed by atoms with Gasteiger partial charge in [-0.3, -0.25) is 0 Å². The molecule has 0 aliphatic heterocycles. The van der Waals surface area contributed by atoms with Crippen LogP contribution in [0.15, 0.2) is 24.3 Å². The Morgan fingerprint density at radius 1 is 0.900 bits per heavy atom. The average molecular weight is 428 g/mol. The van der Waals surface area contributed by atoms with Crippen LogP contribution in [-0.2, 0) is 0 Å². The lowest BCUT2D eigenvalue weighted by Crippen LogP contribution is -2.62. The molecular weight excluding hydrogens is 382 g/mol. The summed E-state index contributed by atoms with van der Waals surface area (Å²) in [6, 6.07) is 8.89. The number of ether oxygens (including phenoxy) is 1. The summed E-state index contributed by atoms with van der Waals surface area (Å²) in [6.45, 7) is 15.2. The molecule has 3 saturated carbocycles. The van der Waals surface area contributed by atoms with Crippen LogP contribution < -0.4 is 9.30 Å². The third-order valence-corrected chi connectivity index (χ3v) is 13.7. The van der Waals surface area contributed by atoms with E-state index in [-0.39, 0.29) is 5.54 Å². The maximum atomic E-state index is 5.45. The normalized spacial score (nSPS) is 34.2. The summed E-state index contributed by atoms with van der Waals surface area (Å²) in [4.78, 5) is 0. The Morgan fingerprint density at radius 2 is 1.50 bits per heavy atom. The molecule has 0 spiro atoms. The van der Waals surface area contributed by atoms with Gasteiger partial charge in [-0.2, -0.15) is 0 Å². The van der Waals surface area contributed by atoms with Crippen molar-refractivity contribution in [3.05, 3.63) is 24.3 Å². The van der Waals surface area contributed by atoms with Gasteiger partial charge in [-0.25, -0.2) is 0 Å². The third kappa shape index (κ3) is 3.96. The van der Waals surface area contributed by atoms with Crippen LogP contribution in [0.3, 0.4) is 0 Å². The highest BCUT2D eigenvalue weighted by Crippen LogP contribution is 2.61. The maximum absolute atomic E-state index is 5.45. The second-order valence-electron chi connectivity index (χ2n) is 12.3. The van der Waals surface area contributed by atoms with Crippen LogP contribution >= 0.6 is 0 Å². The number of nitrogens with zero attached hydrogens (tertiary/aromatic N) is 1. The Kier molecular flexibility index (Phi) is 6.07. The lowest BCUT2D eigenvalue weighted by molar-refractivity contribution is 0.0934. The zero-order chi connectivity index (χ0) is 21.7. The summed E-state index contributed by atoms with van der Waals surface area (Å²) in [7, 11) is 0.0222. The van der Waals surface area contributed by atoms with E-state index in [9.17, 15) is 0 Å². The van der Waals surface area contributed by atoms with Crippen molar-refractivity contribution in [2.45, 2.75) is 96.8 Å². The molecule has 0 heterocycles. The van der Waals surface area contributed by atoms with Gasteiger partial charge in [0.25, 0.3) is 0 Å². The zero-order valence-electron chi connectivity index (χ0n) is 20.6. The molecule has 0 saturated heterocycles. The molecular formula is C27H45NOSi. The fourth-order valence-corrected chi connectivity index (χ4v) is 14.3. The molecule has 0 aromatic heterocycles. The Hall–Kier alpha value is -0.963. The van der Waals surface area contributed by atoms with Crippen LogP contribution in [0.5, 0.6) is 5.75 Å². The molecule has 168 valence electrons. The van der Waals surface area contributed by atoms with E-state index in [0.29, 0.717) is 0 Å². The highest BCUT2D eigenvalue weighted by Gasteiger charge is 2.56. The Labute approximate surface area is 186 Å². The summed E-state index contributed by atoms with van der Waals surface area (Å²) < 4.78 is 8.32. The topological polar surface area (TPSA) is 12.5 Å². The van der Waals surface area contributed by atoms with E-state index < -0.39 is 8.24 Å². The van der Waals surface area contributed by atoms with Crippen LogP contribution in [0.4, 0.5) is 5.69 Å². The standard InChI is InChI=1S/C27H45NOSi/c1-19-16-22-17-20-10-8-9-11-21(20)18-25(22)26(19)30(6,7)28(27(2,3)4)23-12-14-24(29-5)15-13-23/h12-15,19-22,25-26H,8-11,16-18H2,1-7H3. The number of hydrogen-bond acceptors (Lipinski definition) is 2. The lowest BCUT2D eigenvalue weighted by Gasteiger charge is -2.54. The number of benzene rings is 1. The molecule has 30 heavy (non-hydrogen) atoms. The van der Waals surface area contributed by atoms with Crippen molar-refractivity contribution in [2.75, 3.05) is 11.7 Å². The molecule has 3 heteroatoms. The Bertz CT molecular complexity index is 721. The van der Waals surface area contributed by atoms with Crippen molar-refractivity contribution in [2.24, 2.45) is 29.6 Å². The van der Waals surface area contributed by atoms with Gasteiger partial charge in [-0.15, -0.1) is 0 Å². The van der Waals surface area contributed by atoms with Crippen LogP contribution in [0.1, 0.15) is 72.6 Å².